The quantitative estimate of drug-likeness (QED) is 0.546. The van der Waals surface area contributed by atoms with Crippen molar-refractivity contribution >= 4 is 32.8 Å². The molecule has 1 aromatic heterocycles. The second kappa shape index (κ2) is 9.72. The molecule has 31 heavy (non-hydrogen) atoms. The molecule has 0 amide bonds. The third kappa shape index (κ3) is 5.78. The van der Waals surface area contributed by atoms with E-state index in [1.165, 1.54) is 22.7 Å². The van der Waals surface area contributed by atoms with Gasteiger partial charge in [-0.2, -0.15) is 8.68 Å². The fourth-order valence-electron chi connectivity index (χ4n) is 3.47. The molecule has 6 nitrogen and oxygen atoms in total. The third-order valence-corrected chi connectivity index (χ3v) is 7.84. The first-order valence-corrected chi connectivity index (χ1v) is 12.7. The van der Waals surface area contributed by atoms with Crippen LogP contribution in [0.2, 0.25) is 0 Å². The lowest BCUT2D eigenvalue weighted by Crippen LogP contribution is -2.49. The number of aromatic nitrogens is 2. The molecule has 0 saturated carbocycles. The van der Waals surface area contributed by atoms with Crippen LogP contribution < -0.4 is 4.90 Å². The summed E-state index contributed by atoms with van der Waals surface area (Å²) in [7, 11) is -3.31. The predicted octanol–water partition coefficient (Wildman–Crippen LogP) is 3.60. The summed E-state index contributed by atoms with van der Waals surface area (Å²) < 4.78 is 31.4. The van der Waals surface area contributed by atoms with Crippen LogP contribution in [0.3, 0.4) is 0 Å². The van der Waals surface area contributed by atoms with E-state index in [-0.39, 0.29) is 5.75 Å². The summed E-state index contributed by atoms with van der Waals surface area (Å²) in [4.78, 5) is 6.80. The number of anilines is 1. The van der Waals surface area contributed by atoms with Gasteiger partial charge in [-0.05, 0) is 18.1 Å². The second-order valence-corrected chi connectivity index (χ2v) is 10.4. The lowest BCUT2D eigenvalue weighted by Gasteiger charge is -2.33. The van der Waals surface area contributed by atoms with E-state index in [2.05, 4.69) is 45.4 Å². The number of benzene rings is 2. The molecular weight excluding hydrogens is 428 g/mol. The van der Waals surface area contributed by atoms with E-state index in [9.17, 15) is 8.42 Å². The summed E-state index contributed by atoms with van der Waals surface area (Å²) >= 11 is 1.38. The number of nitrogens with zero attached hydrogens (tertiary/aromatic N) is 4. The number of piperazine rings is 1. The fraction of sp³-hybridized carbons (Fsp3) is 0.304. The van der Waals surface area contributed by atoms with Gasteiger partial charge in [0.05, 0.1) is 5.75 Å². The Morgan fingerprint density at radius 2 is 1.71 bits per heavy atom. The Hall–Kier alpha value is -2.55. The van der Waals surface area contributed by atoms with Crippen LogP contribution in [0.5, 0.6) is 0 Å². The highest BCUT2D eigenvalue weighted by atomic mass is 32.2. The van der Waals surface area contributed by atoms with Crippen molar-refractivity contribution in [3.05, 3.63) is 83.2 Å². The highest BCUT2D eigenvalue weighted by Gasteiger charge is 2.27. The Labute approximate surface area is 188 Å². The first-order valence-electron chi connectivity index (χ1n) is 10.3. The van der Waals surface area contributed by atoms with Gasteiger partial charge in [0.15, 0.2) is 0 Å². The Bertz CT molecular complexity index is 1120. The van der Waals surface area contributed by atoms with Gasteiger partial charge in [-0.3, -0.25) is 0 Å². The first-order chi connectivity index (χ1) is 15.0. The largest absolute Gasteiger partial charge is 0.344 e. The zero-order chi connectivity index (χ0) is 21.7. The molecule has 0 unspecified atom stereocenters. The summed E-state index contributed by atoms with van der Waals surface area (Å²) in [6, 6.07) is 18.1. The lowest BCUT2D eigenvalue weighted by atomic mass is 10.1. The van der Waals surface area contributed by atoms with Gasteiger partial charge in [-0.1, -0.05) is 72.3 Å². The third-order valence-electron chi connectivity index (χ3n) is 5.26. The van der Waals surface area contributed by atoms with Crippen molar-refractivity contribution < 1.29 is 8.42 Å². The zero-order valence-electron chi connectivity index (χ0n) is 17.5. The van der Waals surface area contributed by atoms with Crippen LogP contribution in [0.4, 0.5) is 5.13 Å². The molecule has 0 atom stereocenters. The summed E-state index contributed by atoms with van der Waals surface area (Å²) in [6.45, 7) is 4.26. The van der Waals surface area contributed by atoms with Crippen molar-refractivity contribution in [2.45, 2.75) is 13.3 Å². The van der Waals surface area contributed by atoms with Gasteiger partial charge in [0.2, 0.25) is 15.2 Å². The van der Waals surface area contributed by atoms with Gasteiger partial charge in [0, 0.05) is 44.1 Å². The Morgan fingerprint density at radius 1 is 1.00 bits per heavy atom. The van der Waals surface area contributed by atoms with Crippen molar-refractivity contribution in [3.63, 3.8) is 0 Å². The lowest BCUT2D eigenvalue weighted by molar-refractivity contribution is 0.386. The van der Waals surface area contributed by atoms with Crippen LogP contribution in [0, 0.1) is 6.92 Å². The molecule has 3 aromatic rings. The van der Waals surface area contributed by atoms with Gasteiger partial charge < -0.3 is 4.90 Å². The topological polar surface area (TPSA) is 66.4 Å². The van der Waals surface area contributed by atoms with Gasteiger partial charge in [0.1, 0.15) is 5.82 Å². The van der Waals surface area contributed by atoms with Crippen molar-refractivity contribution in [1.82, 2.24) is 13.7 Å². The summed E-state index contributed by atoms with van der Waals surface area (Å²) in [5.41, 5.74) is 3.42. The van der Waals surface area contributed by atoms with Crippen LogP contribution >= 0.6 is 11.5 Å². The molecule has 0 N–H and O–H groups in total. The molecule has 162 valence electrons. The normalized spacial score (nSPS) is 15.6. The molecular formula is C23H26N4O2S2. The van der Waals surface area contributed by atoms with Gasteiger partial charge in [-0.25, -0.2) is 13.4 Å². The maximum absolute atomic E-state index is 12.7. The SMILES string of the molecule is Cc1ccc(Cc2nsc(N3CCN(S(=O)(=O)C/C=C/c4ccccc4)CC3)n2)cc1. The minimum atomic E-state index is -3.31. The predicted molar refractivity (Wildman–Crippen MR) is 127 cm³/mol. The van der Waals surface area contributed by atoms with Crippen LogP contribution in [-0.4, -0.2) is 54.0 Å². The molecule has 2 aromatic carbocycles. The molecule has 8 heteroatoms. The number of sulfonamides is 1. The van der Waals surface area contributed by atoms with E-state index in [4.69, 9.17) is 0 Å². The van der Waals surface area contributed by atoms with E-state index < -0.39 is 10.0 Å². The van der Waals surface area contributed by atoms with Crippen molar-refractivity contribution in [1.29, 1.82) is 0 Å². The minimum absolute atomic E-state index is 0.0153. The number of aryl methyl sites for hydroxylation is 1. The van der Waals surface area contributed by atoms with E-state index in [1.807, 2.05) is 36.4 Å². The van der Waals surface area contributed by atoms with Crippen molar-refractivity contribution in [2.24, 2.45) is 0 Å². The monoisotopic (exact) mass is 454 g/mol. The summed E-state index contributed by atoms with van der Waals surface area (Å²) in [5.74, 6) is 0.825. The fourth-order valence-corrected chi connectivity index (χ4v) is 5.47. The molecule has 2 heterocycles. The molecule has 1 aliphatic heterocycles. The smallest absolute Gasteiger partial charge is 0.217 e. The van der Waals surface area contributed by atoms with Crippen molar-refractivity contribution in [2.75, 3.05) is 36.8 Å². The van der Waals surface area contributed by atoms with Gasteiger partial charge in [-0.15, -0.1) is 0 Å². The first kappa shape index (κ1) is 21.7. The van der Waals surface area contributed by atoms with Gasteiger partial charge >= 0.3 is 0 Å². The van der Waals surface area contributed by atoms with E-state index in [1.54, 1.807) is 10.4 Å². The van der Waals surface area contributed by atoms with Gasteiger partial charge in [0.25, 0.3) is 0 Å². The zero-order valence-corrected chi connectivity index (χ0v) is 19.1. The average Bonchev–Trinajstić information content (AvgIpc) is 3.25. The maximum atomic E-state index is 12.7. The minimum Gasteiger partial charge on any atom is -0.344 e. The number of hydrogen-bond acceptors (Lipinski definition) is 6. The van der Waals surface area contributed by atoms with Crippen LogP contribution in [0.1, 0.15) is 22.5 Å². The average molecular weight is 455 g/mol. The number of rotatable bonds is 7. The highest BCUT2D eigenvalue weighted by molar-refractivity contribution is 7.89. The van der Waals surface area contributed by atoms with E-state index in [0.29, 0.717) is 32.6 Å². The summed E-state index contributed by atoms with van der Waals surface area (Å²) in [6.07, 6.45) is 4.28. The molecule has 1 aliphatic rings. The second-order valence-electron chi connectivity index (χ2n) is 7.63. The Kier molecular flexibility index (Phi) is 6.80. The maximum Gasteiger partial charge on any atom is 0.217 e. The van der Waals surface area contributed by atoms with Crippen molar-refractivity contribution in [3.8, 4) is 0 Å². The molecule has 1 saturated heterocycles. The molecule has 4 rings (SSSR count). The van der Waals surface area contributed by atoms with E-state index in [0.717, 1.165) is 16.5 Å². The molecule has 1 fully saturated rings. The Morgan fingerprint density at radius 3 is 2.42 bits per heavy atom. The molecule has 0 aliphatic carbocycles. The van der Waals surface area contributed by atoms with Crippen LogP contribution in [0.25, 0.3) is 6.08 Å². The van der Waals surface area contributed by atoms with Crippen LogP contribution in [-0.2, 0) is 16.4 Å². The molecule has 0 bridgehead atoms. The van der Waals surface area contributed by atoms with E-state index >= 15 is 0 Å². The van der Waals surface area contributed by atoms with Crippen LogP contribution in [0.15, 0.2) is 60.7 Å². The molecule has 0 radical (unpaired) electrons. The standard InChI is InChI=1S/C23H26N4O2S2/c1-19-9-11-21(12-10-19)18-22-24-23(30-25-22)26-13-15-27(16-14-26)31(28,29)17-5-8-20-6-3-2-4-7-20/h2-12H,13-18H2,1H3/b8-5+. The summed E-state index contributed by atoms with van der Waals surface area (Å²) in [5, 5.41) is 0.864. The molecule has 0 spiro atoms. The Balaban J connectivity index is 1.30. The number of hydrogen-bond donors (Lipinski definition) is 0. The highest BCUT2D eigenvalue weighted by Crippen LogP contribution is 2.21.